The predicted octanol–water partition coefficient (Wildman–Crippen LogP) is 0.445. The lowest BCUT2D eigenvalue weighted by Gasteiger charge is -2.34. The number of ether oxygens (including phenoxy) is 1. The molecule has 4 nitrogen and oxygen atoms in total. The number of morpholine rings is 1. The molecular formula is C8H17NO3S. The van der Waals surface area contributed by atoms with Crippen LogP contribution in [0.5, 0.6) is 0 Å². The molecular weight excluding hydrogens is 190 g/mol. The molecule has 0 bridgehead atoms. The van der Waals surface area contributed by atoms with Gasteiger partial charge in [-0.25, -0.2) is 8.42 Å². The average molecular weight is 207 g/mol. The van der Waals surface area contributed by atoms with Gasteiger partial charge in [0.05, 0.1) is 18.0 Å². The minimum absolute atomic E-state index is 0.00470. The first-order chi connectivity index (χ1) is 5.95. The highest BCUT2D eigenvalue weighted by Crippen LogP contribution is 2.14. The van der Waals surface area contributed by atoms with Crippen molar-refractivity contribution < 1.29 is 13.2 Å². The average Bonchev–Trinajstić information content (AvgIpc) is 2.02. The minimum atomic E-state index is -3.03. The van der Waals surface area contributed by atoms with E-state index in [2.05, 4.69) is 0 Å². The molecule has 0 spiro atoms. The summed E-state index contributed by atoms with van der Waals surface area (Å²) in [4.78, 5) is 0. The molecule has 2 atom stereocenters. The van der Waals surface area contributed by atoms with Gasteiger partial charge in [0.15, 0.2) is 0 Å². The smallest absolute Gasteiger partial charge is 0.214 e. The van der Waals surface area contributed by atoms with Crippen LogP contribution in [0.1, 0.15) is 20.8 Å². The lowest BCUT2D eigenvalue weighted by molar-refractivity contribution is -0.0440. The molecule has 0 N–H and O–H groups in total. The Labute approximate surface area is 79.9 Å². The maximum absolute atomic E-state index is 11.5. The predicted molar refractivity (Wildman–Crippen MR) is 51.0 cm³/mol. The molecule has 0 radical (unpaired) electrons. The zero-order chi connectivity index (χ0) is 10.1. The summed E-state index contributed by atoms with van der Waals surface area (Å²) >= 11 is 0. The third-order valence-corrected chi connectivity index (χ3v) is 3.96. The lowest BCUT2D eigenvalue weighted by atomic mass is 10.3. The molecule has 13 heavy (non-hydrogen) atoms. The van der Waals surface area contributed by atoms with Gasteiger partial charge in [-0.3, -0.25) is 0 Å². The highest BCUT2D eigenvalue weighted by atomic mass is 32.2. The van der Waals surface area contributed by atoms with Crippen molar-refractivity contribution in [3.8, 4) is 0 Å². The summed E-state index contributed by atoms with van der Waals surface area (Å²) in [6, 6.07) is 0. The van der Waals surface area contributed by atoms with Crippen molar-refractivity contribution >= 4 is 10.0 Å². The Bertz CT molecular complexity index is 253. The van der Waals surface area contributed by atoms with Gasteiger partial charge in [-0.2, -0.15) is 4.31 Å². The van der Waals surface area contributed by atoms with Crippen LogP contribution >= 0.6 is 0 Å². The van der Waals surface area contributed by atoms with Crippen LogP contribution in [0.25, 0.3) is 0 Å². The summed E-state index contributed by atoms with van der Waals surface area (Å²) in [5, 5.41) is 0. The fourth-order valence-electron chi connectivity index (χ4n) is 1.54. The van der Waals surface area contributed by atoms with Gasteiger partial charge in [-0.05, 0) is 20.8 Å². The molecule has 1 fully saturated rings. The summed E-state index contributed by atoms with van der Waals surface area (Å²) in [5.41, 5.74) is 0. The van der Waals surface area contributed by atoms with Crippen LogP contribution in [0.3, 0.4) is 0 Å². The first-order valence-corrected chi connectivity index (χ1v) is 6.20. The van der Waals surface area contributed by atoms with Crippen molar-refractivity contribution in [3.05, 3.63) is 0 Å². The van der Waals surface area contributed by atoms with E-state index in [1.165, 1.54) is 4.31 Å². The van der Waals surface area contributed by atoms with Gasteiger partial charge in [0.2, 0.25) is 10.0 Å². The molecule has 1 saturated heterocycles. The summed E-state index contributed by atoms with van der Waals surface area (Å²) in [6.07, 6.45) is 0.00940. The molecule has 0 aromatic rings. The standard InChI is InChI=1S/C8H17NO3S/c1-4-13(10,11)9-5-7(2)12-8(3)6-9/h7-8H,4-6H2,1-3H3/t7-,8-/m0/s1. The molecule has 5 heteroatoms. The molecule has 0 aliphatic carbocycles. The Morgan fingerprint density at radius 1 is 1.31 bits per heavy atom. The zero-order valence-corrected chi connectivity index (χ0v) is 9.17. The van der Waals surface area contributed by atoms with Crippen molar-refractivity contribution in [2.24, 2.45) is 0 Å². The molecule has 1 aliphatic heterocycles. The molecule has 1 heterocycles. The molecule has 0 aromatic carbocycles. The first-order valence-electron chi connectivity index (χ1n) is 4.59. The molecule has 1 rings (SSSR count). The van der Waals surface area contributed by atoms with Crippen molar-refractivity contribution in [1.82, 2.24) is 4.31 Å². The van der Waals surface area contributed by atoms with Crippen LogP contribution in [-0.2, 0) is 14.8 Å². The van der Waals surface area contributed by atoms with Crippen LogP contribution in [-0.4, -0.2) is 43.8 Å². The third kappa shape index (κ3) is 2.65. The van der Waals surface area contributed by atoms with Crippen LogP contribution in [0, 0.1) is 0 Å². The van der Waals surface area contributed by atoms with Crippen LogP contribution in [0.2, 0.25) is 0 Å². The first kappa shape index (κ1) is 10.9. The van der Waals surface area contributed by atoms with Gasteiger partial charge in [-0.1, -0.05) is 0 Å². The van der Waals surface area contributed by atoms with E-state index in [4.69, 9.17) is 4.74 Å². The fourth-order valence-corrected chi connectivity index (χ4v) is 2.78. The second kappa shape index (κ2) is 3.94. The topological polar surface area (TPSA) is 46.6 Å². The van der Waals surface area contributed by atoms with E-state index in [0.717, 1.165) is 0 Å². The van der Waals surface area contributed by atoms with Crippen molar-refractivity contribution in [3.63, 3.8) is 0 Å². The number of hydrogen-bond donors (Lipinski definition) is 0. The molecule has 0 unspecified atom stereocenters. The van der Waals surface area contributed by atoms with E-state index in [1.54, 1.807) is 6.92 Å². The summed E-state index contributed by atoms with van der Waals surface area (Å²) < 4.78 is 30.0. The highest BCUT2D eigenvalue weighted by Gasteiger charge is 2.29. The monoisotopic (exact) mass is 207 g/mol. The van der Waals surface area contributed by atoms with Crippen LogP contribution in [0.4, 0.5) is 0 Å². The molecule has 0 aromatic heterocycles. The van der Waals surface area contributed by atoms with Crippen LogP contribution < -0.4 is 0 Å². The third-order valence-electron chi connectivity index (χ3n) is 2.14. The van der Waals surface area contributed by atoms with Crippen molar-refractivity contribution in [2.75, 3.05) is 18.8 Å². The number of rotatable bonds is 2. The van der Waals surface area contributed by atoms with Gasteiger partial charge in [0, 0.05) is 13.1 Å². The molecule has 0 amide bonds. The summed E-state index contributed by atoms with van der Waals surface area (Å²) in [6.45, 7) is 6.43. The van der Waals surface area contributed by atoms with E-state index in [9.17, 15) is 8.42 Å². The van der Waals surface area contributed by atoms with Gasteiger partial charge in [-0.15, -0.1) is 0 Å². The molecule has 78 valence electrons. The number of nitrogens with zero attached hydrogens (tertiary/aromatic N) is 1. The minimum Gasteiger partial charge on any atom is -0.373 e. The van der Waals surface area contributed by atoms with Crippen molar-refractivity contribution in [2.45, 2.75) is 33.0 Å². The Balaban J connectivity index is 2.71. The number of hydrogen-bond acceptors (Lipinski definition) is 3. The second-order valence-corrected chi connectivity index (χ2v) is 5.73. The van der Waals surface area contributed by atoms with E-state index in [1.807, 2.05) is 13.8 Å². The van der Waals surface area contributed by atoms with Gasteiger partial charge in [0.1, 0.15) is 0 Å². The maximum Gasteiger partial charge on any atom is 0.214 e. The van der Waals surface area contributed by atoms with E-state index in [0.29, 0.717) is 13.1 Å². The normalized spacial score (nSPS) is 31.9. The highest BCUT2D eigenvalue weighted by molar-refractivity contribution is 7.89. The lowest BCUT2D eigenvalue weighted by Crippen LogP contribution is -2.48. The van der Waals surface area contributed by atoms with E-state index < -0.39 is 10.0 Å². The molecule has 1 aliphatic rings. The van der Waals surface area contributed by atoms with Gasteiger partial charge >= 0.3 is 0 Å². The summed E-state index contributed by atoms with van der Waals surface area (Å²) in [7, 11) is -3.03. The second-order valence-electron chi connectivity index (χ2n) is 3.47. The SMILES string of the molecule is CCS(=O)(=O)N1C[C@H](C)O[C@@H](C)C1. The summed E-state index contributed by atoms with van der Waals surface area (Å²) in [5.74, 6) is 0.173. The Morgan fingerprint density at radius 2 is 1.77 bits per heavy atom. The van der Waals surface area contributed by atoms with Gasteiger partial charge in [0.25, 0.3) is 0 Å². The number of sulfonamides is 1. The Hall–Kier alpha value is -0.130. The van der Waals surface area contributed by atoms with Crippen molar-refractivity contribution in [1.29, 1.82) is 0 Å². The Kier molecular flexibility index (Phi) is 3.32. The van der Waals surface area contributed by atoms with E-state index >= 15 is 0 Å². The quantitative estimate of drug-likeness (QED) is 0.660. The molecule has 0 saturated carbocycles. The largest absolute Gasteiger partial charge is 0.373 e. The fraction of sp³-hybridized carbons (Fsp3) is 1.00. The van der Waals surface area contributed by atoms with Gasteiger partial charge < -0.3 is 4.74 Å². The van der Waals surface area contributed by atoms with E-state index in [-0.39, 0.29) is 18.0 Å². The maximum atomic E-state index is 11.5. The Morgan fingerprint density at radius 3 is 2.15 bits per heavy atom. The van der Waals surface area contributed by atoms with Crippen LogP contribution in [0.15, 0.2) is 0 Å². The zero-order valence-electron chi connectivity index (χ0n) is 8.36.